The topological polar surface area (TPSA) is 88.4 Å². The molecular formula is C19H18N2O4S. The average Bonchev–Trinajstić information content (AvgIpc) is 3.19. The molecule has 0 atom stereocenters. The van der Waals surface area contributed by atoms with E-state index in [9.17, 15) is 14.9 Å². The zero-order chi connectivity index (χ0) is 18.9. The maximum absolute atomic E-state index is 12.3. The van der Waals surface area contributed by atoms with Gasteiger partial charge in [0, 0.05) is 17.5 Å². The number of methoxy groups -OCH3 is 1. The molecular weight excluding hydrogens is 352 g/mol. The van der Waals surface area contributed by atoms with Crippen molar-refractivity contribution in [1.82, 2.24) is 5.32 Å². The summed E-state index contributed by atoms with van der Waals surface area (Å²) in [7, 11) is 1.48. The first-order chi connectivity index (χ1) is 12.6. The molecule has 0 radical (unpaired) electrons. The van der Waals surface area contributed by atoms with E-state index in [4.69, 9.17) is 9.47 Å². The molecule has 0 bridgehead atoms. The summed E-state index contributed by atoms with van der Waals surface area (Å²) >= 11 is 1.39. The van der Waals surface area contributed by atoms with E-state index in [2.05, 4.69) is 5.32 Å². The minimum atomic E-state index is -0.329. The zero-order valence-corrected chi connectivity index (χ0v) is 15.3. The highest BCUT2D eigenvalue weighted by Crippen LogP contribution is 2.29. The molecule has 0 fully saturated rings. The van der Waals surface area contributed by atoms with Crippen LogP contribution in [0, 0.1) is 11.3 Å². The van der Waals surface area contributed by atoms with Crippen LogP contribution in [-0.4, -0.2) is 32.0 Å². The molecule has 0 aliphatic rings. The SMILES string of the molecule is CCNC(=O)COc1ccc(/C=C(/C#N)C(=O)c2ccsc2)cc1OC. The molecule has 6 nitrogen and oxygen atoms in total. The second kappa shape index (κ2) is 9.39. The van der Waals surface area contributed by atoms with E-state index >= 15 is 0 Å². The monoisotopic (exact) mass is 370 g/mol. The second-order valence-electron chi connectivity index (χ2n) is 5.16. The van der Waals surface area contributed by atoms with Gasteiger partial charge < -0.3 is 14.8 Å². The number of rotatable bonds is 8. The first kappa shape index (κ1) is 19.2. The lowest BCUT2D eigenvalue weighted by Gasteiger charge is -2.11. The van der Waals surface area contributed by atoms with Gasteiger partial charge in [-0.25, -0.2) is 0 Å². The number of Topliss-reactive ketones (excluding diaryl/α,β-unsaturated/α-hetero) is 1. The van der Waals surface area contributed by atoms with Crippen molar-refractivity contribution in [3.8, 4) is 17.6 Å². The third-order valence-electron chi connectivity index (χ3n) is 3.38. The molecule has 0 saturated carbocycles. The highest BCUT2D eigenvalue weighted by atomic mass is 32.1. The first-order valence-corrected chi connectivity index (χ1v) is 8.79. The lowest BCUT2D eigenvalue weighted by molar-refractivity contribution is -0.123. The number of benzene rings is 1. The molecule has 7 heteroatoms. The fourth-order valence-corrected chi connectivity index (χ4v) is 2.79. The van der Waals surface area contributed by atoms with Crippen LogP contribution in [0.5, 0.6) is 11.5 Å². The molecule has 1 amide bonds. The summed E-state index contributed by atoms with van der Waals surface area (Å²) in [6, 6.07) is 8.58. The number of hydrogen-bond acceptors (Lipinski definition) is 6. The van der Waals surface area contributed by atoms with Gasteiger partial charge in [0.1, 0.15) is 11.6 Å². The van der Waals surface area contributed by atoms with Crippen LogP contribution < -0.4 is 14.8 Å². The number of carbonyl (C=O) groups is 2. The quantitative estimate of drug-likeness (QED) is 0.438. The number of amides is 1. The van der Waals surface area contributed by atoms with Gasteiger partial charge >= 0.3 is 0 Å². The Balaban J connectivity index is 2.21. The van der Waals surface area contributed by atoms with E-state index in [1.165, 1.54) is 24.5 Å². The molecule has 1 N–H and O–H groups in total. The predicted octanol–water partition coefficient (Wildman–Crippen LogP) is 3.06. The van der Waals surface area contributed by atoms with Gasteiger partial charge in [0.05, 0.1) is 7.11 Å². The molecule has 0 saturated heterocycles. The van der Waals surface area contributed by atoms with Crippen LogP contribution >= 0.6 is 11.3 Å². The first-order valence-electron chi connectivity index (χ1n) is 7.85. The Morgan fingerprint density at radius 1 is 1.31 bits per heavy atom. The molecule has 0 aliphatic carbocycles. The van der Waals surface area contributed by atoms with Crippen LogP contribution in [0.25, 0.3) is 6.08 Å². The number of carbonyl (C=O) groups excluding carboxylic acids is 2. The van der Waals surface area contributed by atoms with Crippen molar-refractivity contribution in [3.63, 3.8) is 0 Å². The summed E-state index contributed by atoms with van der Waals surface area (Å²) < 4.78 is 10.7. The van der Waals surface area contributed by atoms with Crippen molar-refractivity contribution in [1.29, 1.82) is 5.26 Å². The Hall–Kier alpha value is -3.11. The van der Waals surface area contributed by atoms with Gasteiger partial charge in [-0.15, -0.1) is 0 Å². The van der Waals surface area contributed by atoms with Gasteiger partial charge in [-0.2, -0.15) is 16.6 Å². The molecule has 0 aliphatic heterocycles. The summed E-state index contributed by atoms with van der Waals surface area (Å²) in [5.41, 5.74) is 1.13. The van der Waals surface area contributed by atoms with Gasteiger partial charge in [0.2, 0.25) is 5.78 Å². The van der Waals surface area contributed by atoms with E-state index in [-0.39, 0.29) is 23.9 Å². The minimum Gasteiger partial charge on any atom is -0.493 e. The van der Waals surface area contributed by atoms with Crippen LogP contribution in [0.15, 0.2) is 40.6 Å². The molecule has 0 spiro atoms. The predicted molar refractivity (Wildman–Crippen MR) is 99.4 cm³/mol. The fraction of sp³-hybridized carbons (Fsp3) is 0.211. The molecule has 26 heavy (non-hydrogen) atoms. The van der Waals surface area contributed by atoms with Gasteiger partial charge in [-0.3, -0.25) is 9.59 Å². The van der Waals surface area contributed by atoms with E-state index in [0.717, 1.165) is 0 Å². The normalized spacial score (nSPS) is 10.7. The Labute approximate surface area is 155 Å². The number of hydrogen-bond donors (Lipinski definition) is 1. The number of thiophene rings is 1. The lowest BCUT2D eigenvalue weighted by atomic mass is 10.0. The summed E-state index contributed by atoms with van der Waals surface area (Å²) in [5, 5.41) is 15.4. The van der Waals surface area contributed by atoms with E-state index < -0.39 is 0 Å². The number of likely N-dealkylation sites (N-methyl/N-ethyl adjacent to an activating group) is 1. The summed E-state index contributed by atoms with van der Waals surface area (Å²) in [6.45, 7) is 2.22. The average molecular weight is 370 g/mol. The van der Waals surface area contributed by atoms with Crippen molar-refractivity contribution in [2.75, 3.05) is 20.3 Å². The Morgan fingerprint density at radius 2 is 2.12 bits per heavy atom. The fourth-order valence-electron chi connectivity index (χ4n) is 2.15. The zero-order valence-electron chi connectivity index (χ0n) is 14.4. The van der Waals surface area contributed by atoms with Crippen LogP contribution in [0.4, 0.5) is 0 Å². The van der Waals surface area contributed by atoms with Crippen molar-refractivity contribution in [3.05, 3.63) is 51.7 Å². The van der Waals surface area contributed by atoms with Gasteiger partial charge in [-0.1, -0.05) is 6.07 Å². The largest absolute Gasteiger partial charge is 0.493 e. The molecule has 1 aromatic heterocycles. The van der Waals surface area contributed by atoms with Crippen LogP contribution in [0.1, 0.15) is 22.8 Å². The van der Waals surface area contributed by atoms with Crippen LogP contribution in [0.3, 0.4) is 0 Å². The van der Waals surface area contributed by atoms with Crippen LogP contribution in [-0.2, 0) is 4.79 Å². The van der Waals surface area contributed by atoms with Crippen molar-refractivity contribution in [2.45, 2.75) is 6.92 Å². The number of nitrogens with zero attached hydrogens (tertiary/aromatic N) is 1. The van der Waals surface area contributed by atoms with E-state index in [1.54, 1.807) is 35.0 Å². The molecule has 0 unspecified atom stereocenters. The number of allylic oxidation sites excluding steroid dienone is 1. The maximum Gasteiger partial charge on any atom is 0.257 e. The highest BCUT2D eigenvalue weighted by molar-refractivity contribution is 7.08. The Morgan fingerprint density at radius 3 is 2.73 bits per heavy atom. The van der Waals surface area contributed by atoms with E-state index in [1.807, 2.05) is 13.0 Å². The van der Waals surface area contributed by atoms with Crippen LogP contribution in [0.2, 0.25) is 0 Å². The third kappa shape index (κ3) is 4.94. The maximum atomic E-state index is 12.3. The number of ketones is 1. The Kier molecular flexibility index (Phi) is 6.94. The van der Waals surface area contributed by atoms with Gasteiger partial charge in [0.25, 0.3) is 5.91 Å². The Bertz CT molecular complexity index is 851. The minimum absolute atomic E-state index is 0.0291. The summed E-state index contributed by atoms with van der Waals surface area (Å²) in [5.74, 6) is 0.248. The van der Waals surface area contributed by atoms with Crippen molar-refractivity contribution >= 4 is 29.1 Å². The van der Waals surface area contributed by atoms with Crippen molar-refractivity contribution in [2.24, 2.45) is 0 Å². The van der Waals surface area contributed by atoms with E-state index in [0.29, 0.717) is 29.2 Å². The summed E-state index contributed by atoms with van der Waals surface area (Å²) in [6.07, 6.45) is 1.50. The summed E-state index contributed by atoms with van der Waals surface area (Å²) in [4.78, 5) is 23.8. The third-order valence-corrected chi connectivity index (χ3v) is 4.06. The molecule has 2 rings (SSSR count). The highest BCUT2D eigenvalue weighted by Gasteiger charge is 2.13. The van der Waals surface area contributed by atoms with Crippen molar-refractivity contribution < 1.29 is 19.1 Å². The second-order valence-corrected chi connectivity index (χ2v) is 5.94. The van der Waals surface area contributed by atoms with Gasteiger partial charge in [0.15, 0.2) is 18.1 Å². The number of nitrogens with one attached hydrogen (secondary N) is 1. The van der Waals surface area contributed by atoms with Gasteiger partial charge in [-0.05, 0) is 42.1 Å². The number of ether oxygens (including phenoxy) is 2. The smallest absolute Gasteiger partial charge is 0.257 e. The molecule has 1 heterocycles. The lowest BCUT2D eigenvalue weighted by Crippen LogP contribution is -2.28. The number of nitriles is 1. The molecule has 134 valence electrons. The molecule has 1 aromatic carbocycles. The molecule has 2 aromatic rings. The standard InChI is InChI=1S/C19H18N2O4S/c1-3-21-18(22)11-25-16-5-4-13(9-17(16)24-2)8-15(10-20)19(23)14-6-7-26-12-14/h4-9,12H,3,11H2,1-2H3,(H,21,22)/b15-8-.